The van der Waals surface area contributed by atoms with Gasteiger partial charge in [0.15, 0.2) is 0 Å². The fraction of sp³-hybridized carbons (Fsp3) is 0.0667. The molecule has 0 radical (unpaired) electrons. The number of rotatable bonds is 3. The van der Waals surface area contributed by atoms with E-state index in [1.54, 1.807) is 0 Å². The standard InChI is InChI=1S/C45H33N3/c1-46-42-15-9-6-12-36(42)39-25-28(18-21-43(39)46)31-22-32(29-16-19-37-34-10-4-7-13-40(34)47(2)44(37)26-29)24-33(23-31)30-17-20-38-35-11-5-8-14-41(35)48(3)45(38)27-30/h4-27H,1-3H3. The Morgan fingerprint density at radius 1 is 0.250 bits per heavy atom. The SMILES string of the molecule is Cn1c2ccccc2c2cc(-c3cc(-c4ccc5c6ccccc6n(C)c5c4)cc(-c4ccc5c6ccccc6n(C)c5c4)c3)ccc21. The van der Waals surface area contributed by atoms with Gasteiger partial charge in [-0.3, -0.25) is 0 Å². The zero-order valence-corrected chi connectivity index (χ0v) is 27.2. The van der Waals surface area contributed by atoms with Gasteiger partial charge in [0.2, 0.25) is 0 Å². The van der Waals surface area contributed by atoms with Gasteiger partial charge in [0.1, 0.15) is 0 Å². The molecule has 0 spiro atoms. The van der Waals surface area contributed by atoms with E-state index in [0.717, 1.165) is 0 Å². The normalized spacial score (nSPS) is 12.1. The quantitative estimate of drug-likeness (QED) is 0.188. The molecule has 0 saturated heterocycles. The van der Waals surface area contributed by atoms with Crippen molar-refractivity contribution in [3.05, 3.63) is 146 Å². The minimum absolute atomic E-state index is 1.21. The molecule has 7 aromatic carbocycles. The molecule has 0 aliphatic heterocycles. The zero-order chi connectivity index (χ0) is 32.1. The Bertz CT molecular complexity index is 2790. The van der Waals surface area contributed by atoms with Crippen molar-refractivity contribution in [2.75, 3.05) is 0 Å². The molecule has 0 N–H and O–H groups in total. The summed E-state index contributed by atoms with van der Waals surface area (Å²) in [6, 6.07) is 54.0. The van der Waals surface area contributed by atoms with Gasteiger partial charge in [-0.2, -0.15) is 0 Å². The Labute approximate surface area is 278 Å². The average molecular weight is 616 g/mol. The molecule has 228 valence electrons. The molecular weight excluding hydrogens is 583 g/mol. The molecule has 0 amide bonds. The Morgan fingerprint density at radius 3 is 1.06 bits per heavy atom. The molecular formula is C45H33N3. The highest BCUT2D eigenvalue weighted by molar-refractivity contribution is 6.11. The molecule has 10 rings (SSSR count). The summed E-state index contributed by atoms with van der Waals surface area (Å²) in [6.45, 7) is 0. The van der Waals surface area contributed by atoms with E-state index in [2.05, 4.69) is 180 Å². The van der Waals surface area contributed by atoms with Crippen LogP contribution < -0.4 is 0 Å². The lowest BCUT2D eigenvalue weighted by molar-refractivity contribution is 1.01. The van der Waals surface area contributed by atoms with Gasteiger partial charge in [-0.05, 0) is 94.0 Å². The first kappa shape index (κ1) is 27.1. The summed E-state index contributed by atoms with van der Waals surface area (Å²) < 4.78 is 6.94. The molecule has 3 nitrogen and oxygen atoms in total. The van der Waals surface area contributed by atoms with Crippen LogP contribution in [0.15, 0.2) is 146 Å². The molecule has 0 fully saturated rings. The van der Waals surface area contributed by atoms with E-state index in [-0.39, 0.29) is 0 Å². The van der Waals surface area contributed by atoms with Crippen LogP contribution in [-0.2, 0) is 21.1 Å². The van der Waals surface area contributed by atoms with Crippen LogP contribution in [0.1, 0.15) is 0 Å². The monoisotopic (exact) mass is 615 g/mol. The first-order valence-corrected chi connectivity index (χ1v) is 16.6. The lowest BCUT2D eigenvalue weighted by Crippen LogP contribution is -1.90. The smallest absolute Gasteiger partial charge is 0.0494 e. The van der Waals surface area contributed by atoms with Gasteiger partial charge in [0.05, 0.1) is 0 Å². The maximum absolute atomic E-state index is 2.38. The fourth-order valence-corrected chi connectivity index (χ4v) is 8.16. The molecule has 0 bridgehead atoms. The van der Waals surface area contributed by atoms with Crippen LogP contribution in [0.3, 0.4) is 0 Å². The summed E-state index contributed by atoms with van der Waals surface area (Å²) in [7, 11) is 6.51. The van der Waals surface area contributed by atoms with Crippen molar-refractivity contribution in [2.24, 2.45) is 21.1 Å². The maximum atomic E-state index is 2.38. The Hall–Kier alpha value is -6.06. The minimum Gasteiger partial charge on any atom is -0.344 e. The Balaban J connectivity index is 1.21. The third kappa shape index (κ3) is 3.82. The van der Waals surface area contributed by atoms with Crippen molar-refractivity contribution < 1.29 is 0 Å². The molecule has 48 heavy (non-hydrogen) atoms. The summed E-state index contributed by atoms with van der Waals surface area (Å²) in [5.74, 6) is 0. The molecule has 3 heteroatoms. The molecule has 10 aromatic rings. The molecule has 0 aliphatic rings. The second-order valence-electron chi connectivity index (χ2n) is 13.2. The van der Waals surface area contributed by atoms with Gasteiger partial charge >= 0.3 is 0 Å². The molecule has 0 atom stereocenters. The zero-order valence-electron chi connectivity index (χ0n) is 27.2. The molecule has 0 unspecified atom stereocenters. The van der Waals surface area contributed by atoms with E-state index in [4.69, 9.17) is 0 Å². The highest BCUT2D eigenvalue weighted by Crippen LogP contribution is 2.39. The number of nitrogens with zero attached hydrogens (tertiary/aromatic N) is 3. The lowest BCUT2D eigenvalue weighted by Gasteiger charge is -2.13. The first-order valence-electron chi connectivity index (χ1n) is 16.6. The highest BCUT2D eigenvalue weighted by atomic mass is 14.9. The van der Waals surface area contributed by atoms with Crippen LogP contribution in [-0.4, -0.2) is 13.7 Å². The van der Waals surface area contributed by atoms with E-state index in [1.807, 2.05) is 0 Å². The van der Waals surface area contributed by atoms with Crippen LogP contribution in [0.25, 0.3) is 98.8 Å². The first-order chi connectivity index (χ1) is 23.5. The summed E-state index contributed by atoms with van der Waals surface area (Å²) in [5.41, 5.74) is 14.8. The summed E-state index contributed by atoms with van der Waals surface area (Å²) in [4.78, 5) is 0. The van der Waals surface area contributed by atoms with Crippen molar-refractivity contribution in [1.29, 1.82) is 0 Å². The highest BCUT2D eigenvalue weighted by Gasteiger charge is 2.15. The predicted molar refractivity (Wildman–Crippen MR) is 205 cm³/mol. The third-order valence-corrected chi connectivity index (χ3v) is 10.7. The van der Waals surface area contributed by atoms with E-state index >= 15 is 0 Å². The van der Waals surface area contributed by atoms with E-state index in [0.29, 0.717) is 0 Å². The molecule has 0 aliphatic carbocycles. The number of hydrogen-bond acceptors (Lipinski definition) is 0. The lowest BCUT2D eigenvalue weighted by atomic mass is 9.92. The van der Waals surface area contributed by atoms with Crippen molar-refractivity contribution >= 4 is 65.4 Å². The van der Waals surface area contributed by atoms with Gasteiger partial charge in [-0.1, -0.05) is 84.9 Å². The van der Waals surface area contributed by atoms with Gasteiger partial charge in [-0.15, -0.1) is 0 Å². The number of para-hydroxylation sites is 3. The minimum atomic E-state index is 1.21. The molecule has 0 saturated carbocycles. The van der Waals surface area contributed by atoms with Gasteiger partial charge in [0.25, 0.3) is 0 Å². The third-order valence-electron chi connectivity index (χ3n) is 10.7. The fourth-order valence-electron chi connectivity index (χ4n) is 8.16. The Morgan fingerprint density at radius 2 is 0.583 bits per heavy atom. The Kier molecular flexibility index (Phi) is 5.63. The second-order valence-corrected chi connectivity index (χ2v) is 13.2. The number of fused-ring (bicyclic) bond motifs is 9. The second kappa shape index (κ2) is 9.97. The van der Waals surface area contributed by atoms with Crippen LogP contribution in [0, 0.1) is 0 Å². The number of hydrogen-bond donors (Lipinski definition) is 0. The van der Waals surface area contributed by atoms with Crippen molar-refractivity contribution in [3.63, 3.8) is 0 Å². The van der Waals surface area contributed by atoms with Crippen LogP contribution in [0.2, 0.25) is 0 Å². The summed E-state index contributed by atoms with van der Waals surface area (Å²) >= 11 is 0. The molecule has 3 aromatic heterocycles. The number of aryl methyl sites for hydroxylation is 3. The van der Waals surface area contributed by atoms with Gasteiger partial charge < -0.3 is 13.7 Å². The average Bonchev–Trinajstić information content (AvgIpc) is 3.72. The molecule has 3 heterocycles. The summed E-state index contributed by atoms with van der Waals surface area (Å²) in [5, 5.41) is 7.74. The predicted octanol–water partition coefficient (Wildman–Crippen LogP) is 11.6. The maximum Gasteiger partial charge on any atom is 0.0494 e. The van der Waals surface area contributed by atoms with Crippen molar-refractivity contribution in [2.45, 2.75) is 0 Å². The van der Waals surface area contributed by atoms with Gasteiger partial charge in [-0.25, -0.2) is 0 Å². The van der Waals surface area contributed by atoms with Crippen LogP contribution >= 0.6 is 0 Å². The van der Waals surface area contributed by atoms with E-state index < -0.39 is 0 Å². The van der Waals surface area contributed by atoms with Gasteiger partial charge in [0, 0.05) is 86.6 Å². The van der Waals surface area contributed by atoms with Crippen molar-refractivity contribution in [3.8, 4) is 33.4 Å². The van der Waals surface area contributed by atoms with E-state index in [9.17, 15) is 0 Å². The van der Waals surface area contributed by atoms with Crippen LogP contribution in [0.4, 0.5) is 0 Å². The van der Waals surface area contributed by atoms with Crippen molar-refractivity contribution in [1.82, 2.24) is 13.7 Å². The number of benzene rings is 7. The largest absolute Gasteiger partial charge is 0.344 e. The summed E-state index contributed by atoms with van der Waals surface area (Å²) in [6.07, 6.45) is 0. The van der Waals surface area contributed by atoms with Crippen LogP contribution in [0.5, 0.6) is 0 Å². The van der Waals surface area contributed by atoms with E-state index in [1.165, 1.54) is 98.8 Å². The number of aromatic nitrogens is 3. The topological polar surface area (TPSA) is 14.8 Å².